The highest BCUT2D eigenvalue weighted by Crippen LogP contribution is 2.40. The van der Waals surface area contributed by atoms with Crippen molar-refractivity contribution in [2.75, 3.05) is 0 Å². The Morgan fingerprint density at radius 2 is 2.05 bits per heavy atom. The van der Waals surface area contributed by atoms with Crippen LogP contribution in [0, 0.1) is 15.9 Å². The summed E-state index contributed by atoms with van der Waals surface area (Å²) < 4.78 is 30.5. The minimum Gasteiger partial charge on any atom is -0.478 e. The van der Waals surface area contributed by atoms with Gasteiger partial charge in [-0.3, -0.25) is 9.36 Å². The number of halogens is 2. The van der Waals surface area contributed by atoms with Gasteiger partial charge < -0.3 is 19.6 Å². The van der Waals surface area contributed by atoms with Crippen LogP contribution in [0.25, 0.3) is 16.8 Å². The molecule has 4 aromatic rings. The zero-order valence-electron chi connectivity index (χ0n) is 21.6. The largest absolute Gasteiger partial charge is 0.478 e. The summed E-state index contributed by atoms with van der Waals surface area (Å²) in [5.41, 5.74) is 3.72. The van der Waals surface area contributed by atoms with Gasteiger partial charge in [0, 0.05) is 48.7 Å². The van der Waals surface area contributed by atoms with Crippen LogP contribution in [-0.2, 0) is 13.6 Å². The Hall–Kier alpha value is -4.06. The Morgan fingerprint density at radius 3 is 2.74 bits per heavy atom. The molecule has 12 heteroatoms. The fourth-order valence-corrected chi connectivity index (χ4v) is 4.54. The number of aromatic nitrogens is 5. The van der Waals surface area contributed by atoms with Gasteiger partial charge in [-0.1, -0.05) is 6.58 Å². The van der Waals surface area contributed by atoms with Crippen molar-refractivity contribution < 1.29 is 18.8 Å². The number of ether oxygens (including phenoxy) is 2. The molecule has 0 amide bonds. The van der Waals surface area contributed by atoms with Gasteiger partial charge in [0.1, 0.15) is 23.7 Å². The summed E-state index contributed by atoms with van der Waals surface area (Å²) in [7, 11) is 1.79. The number of benzene rings is 1. The lowest BCUT2D eigenvalue weighted by molar-refractivity contribution is -0.390. The van der Waals surface area contributed by atoms with E-state index >= 15 is 0 Å². The maximum absolute atomic E-state index is 14.5. The molecule has 0 spiro atoms. The lowest BCUT2D eigenvalue weighted by atomic mass is 9.94. The molecule has 0 aliphatic heterocycles. The van der Waals surface area contributed by atoms with Crippen molar-refractivity contribution in [3.8, 4) is 22.9 Å². The van der Waals surface area contributed by atoms with Crippen LogP contribution in [0.3, 0.4) is 0 Å². The second-order valence-corrected chi connectivity index (χ2v) is 10.2. The first-order valence-electron chi connectivity index (χ1n) is 12.4. The first-order chi connectivity index (χ1) is 18.6. The van der Waals surface area contributed by atoms with Crippen molar-refractivity contribution >= 4 is 27.3 Å². The number of nitrogens with zero attached hydrogens (tertiary/aromatic N) is 6. The average molecular weight is 597 g/mol. The smallest absolute Gasteiger partial charge is 0.406 e. The third kappa shape index (κ3) is 5.56. The number of hydrogen-bond acceptors (Lipinski definition) is 7. The molecule has 1 aliphatic rings. The Kier molecular flexibility index (Phi) is 7.21. The molecule has 3 heterocycles. The van der Waals surface area contributed by atoms with E-state index in [-0.39, 0.29) is 11.9 Å². The Labute approximate surface area is 232 Å². The Balaban J connectivity index is 1.55. The average Bonchev–Trinajstić information content (AvgIpc) is 3.48. The lowest BCUT2D eigenvalue weighted by Crippen LogP contribution is -2.08. The van der Waals surface area contributed by atoms with Gasteiger partial charge in [0.25, 0.3) is 0 Å². The van der Waals surface area contributed by atoms with Crippen LogP contribution >= 0.6 is 15.9 Å². The molecule has 0 saturated heterocycles. The van der Waals surface area contributed by atoms with Crippen molar-refractivity contribution in [1.82, 2.24) is 24.5 Å². The summed E-state index contributed by atoms with van der Waals surface area (Å²) in [6.45, 7) is 8.70. The molecule has 1 fully saturated rings. The molecule has 0 unspecified atom stereocenters. The van der Waals surface area contributed by atoms with Crippen LogP contribution in [0.15, 0.2) is 53.9 Å². The molecule has 3 aromatic heterocycles. The van der Waals surface area contributed by atoms with Crippen LogP contribution in [0.4, 0.5) is 10.2 Å². The summed E-state index contributed by atoms with van der Waals surface area (Å²) in [6.07, 6.45) is 6.40. The van der Waals surface area contributed by atoms with Crippen molar-refractivity contribution in [1.29, 1.82) is 0 Å². The van der Waals surface area contributed by atoms with E-state index in [9.17, 15) is 14.5 Å². The highest BCUT2D eigenvalue weighted by molar-refractivity contribution is 9.10. The molecular formula is C27H26BrFN6O4. The number of aryl methyl sites for hydroxylation is 2. The van der Waals surface area contributed by atoms with Crippen LogP contribution < -0.4 is 9.47 Å². The summed E-state index contributed by atoms with van der Waals surface area (Å²) >= 11 is 3.27. The van der Waals surface area contributed by atoms with Gasteiger partial charge in [-0.15, -0.1) is 5.10 Å². The van der Waals surface area contributed by atoms with E-state index in [0.717, 1.165) is 18.4 Å². The molecule has 0 N–H and O–H groups in total. The van der Waals surface area contributed by atoms with Gasteiger partial charge in [0.05, 0.1) is 10.0 Å². The minimum absolute atomic E-state index is 0.0448. The molecule has 1 aromatic carbocycles. The molecule has 1 atom stereocenters. The Morgan fingerprint density at radius 1 is 1.28 bits per heavy atom. The number of rotatable bonds is 10. The van der Waals surface area contributed by atoms with E-state index in [1.165, 1.54) is 24.4 Å². The normalized spacial score (nSPS) is 13.8. The summed E-state index contributed by atoms with van der Waals surface area (Å²) in [5.74, 6) is -0.445. The van der Waals surface area contributed by atoms with E-state index in [4.69, 9.17) is 9.47 Å². The topological polar surface area (TPSA) is 110 Å². The molecule has 39 heavy (non-hydrogen) atoms. The SMILES string of the molecule is C=C(c1cn(CC)nc1OC1CC1)c1cn(C)nc1-c1ccc(F)cc1[C@@H](C)Oc1cc(Br)cnc1[N+](=O)[O-]. The highest BCUT2D eigenvalue weighted by Gasteiger charge is 2.29. The summed E-state index contributed by atoms with van der Waals surface area (Å²) in [4.78, 5) is 14.7. The predicted molar refractivity (Wildman–Crippen MR) is 146 cm³/mol. The van der Waals surface area contributed by atoms with E-state index in [0.29, 0.717) is 44.9 Å². The third-order valence-corrected chi connectivity index (χ3v) is 6.75. The first-order valence-corrected chi connectivity index (χ1v) is 13.2. The van der Waals surface area contributed by atoms with E-state index in [1.54, 1.807) is 29.4 Å². The van der Waals surface area contributed by atoms with Crippen LogP contribution in [0.2, 0.25) is 0 Å². The second-order valence-electron chi connectivity index (χ2n) is 9.29. The van der Waals surface area contributed by atoms with Crippen molar-refractivity contribution in [2.45, 2.75) is 45.4 Å². The molecule has 1 saturated carbocycles. The molecule has 0 bridgehead atoms. The fraction of sp³-hybridized carbons (Fsp3) is 0.296. The molecule has 202 valence electrons. The van der Waals surface area contributed by atoms with Crippen molar-refractivity contribution in [2.24, 2.45) is 7.05 Å². The zero-order chi connectivity index (χ0) is 27.8. The van der Waals surface area contributed by atoms with E-state index < -0.39 is 22.7 Å². The molecule has 5 rings (SSSR count). The predicted octanol–water partition coefficient (Wildman–Crippen LogP) is 6.25. The molecule has 10 nitrogen and oxygen atoms in total. The van der Waals surface area contributed by atoms with E-state index in [1.807, 2.05) is 19.3 Å². The number of hydrogen-bond donors (Lipinski definition) is 0. The minimum atomic E-state index is -0.787. The summed E-state index contributed by atoms with van der Waals surface area (Å²) in [5, 5.41) is 20.8. The maximum Gasteiger partial charge on any atom is 0.406 e. The standard InChI is InChI=1S/C27H26BrFN6O4/c1-5-34-14-23(27(32-34)39-19-7-8-19)15(2)22-13-33(4)31-25(22)20-9-6-18(29)11-21(20)16(3)38-24-10-17(28)12-30-26(24)35(36)37/h6,9-14,16,19H,2,5,7-8H2,1,3-4H3/t16-/m1/s1. The van der Waals surface area contributed by atoms with E-state index in [2.05, 4.69) is 37.7 Å². The van der Waals surface area contributed by atoms with Crippen LogP contribution in [-0.4, -0.2) is 35.6 Å². The molecule has 1 aliphatic carbocycles. The number of pyridine rings is 1. The van der Waals surface area contributed by atoms with Gasteiger partial charge >= 0.3 is 5.82 Å². The zero-order valence-corrected chi connectivity index (χ0v) is 23.2. The van der Waals surface area contributed by atoms with Crippen LogP contribution in [0.5, 0.6) is 11.6 Å². The van der Waals surface area contributed by atoms with Gasteiger partial charge in [0.15, 0.2) is 6.20 Å². The van der Waals surface area contributed by atoms with Crippen LogP contribution in [0.1, 0.15) is 49.5 Å². The van der Waals surface area contributed by atoms with Gasteiger partial charge in [-0.05, 0) is 76.3 Å². The summed E-state index contributed by atoms with van der Waals surface area (Å²) in [6, 6.07) is 5.76. The highest BCUT2D eigenvalue weighted by atomic mass is 79.9. The monoisotopic (exact) mass is 596 g/mol. The van der Waals surface area contributed by atoms with Crippen molar-refractivity contribution in [3.05, 3.63) is 86.5 Å². The molecular weight excluding hydrogens is 571 g/mol. The number of nitro groups is 1. The quantitative estimate of drug-likeness (QED) is 0.157. The first kappa shape index (κ1) is 26.5. The Bertz CT molecular complexity index is 1580. The second kappa shape index (κ2) is 10.6. The molecule has 0 radical (unpaired) electrons. The lowest BCUT2D eigenvalue weighted by Gasteiger charge is -2.18. The van der Waals surface area contributed by atoms with Gasteiger partial charge in [-0.2, -0.15) is 5.10 Å². The van der Waals surface area contributed by atoms with Crippen molar-refractivity contribution in [3.63, 3.8) is 0 Å². The third-order valence-electron chi connectivity index (χ3n) is 6.32. The fourth-order valence-electron chi connectivity index (χ4n) is 4.23. The van der Waals surface area contributed by atoms with Gasteiger partial charge in [-0.25, -0.2) is 4.39 Å². The van der Waals surface area contributed by atoms with Gasteiger partial charge in [0.2, 0.25) is 11.6 Å². The maximum atomic E-state index is 14.5.